The number of halogens is 1. The first-order valence-electron chi connectivity index (χ1n) is 12.6. The first-order valence-corrected chi connectivity index (χ1v) is 13.5. The molecule has 37 heavy (non-hydrogen) atoms. The number of benzene rings is 1. The Morgan fingerprint density at radius 1 is 1.32 bits per heavy atom. The number of aromatic amines is 1. The van der Waals surface area contributed by atoms with E-state index < -0.39 is 5.60 Å². The van der Waals surface area contributed by atoms with Crippen LogP contribution < -0.4 is 10.2 Å². The Morgan fingerprint density at radius 2 is 2.03 bits per heavy atom. The summed E-state index contributed by atoms with van der Waals surface area (Å²) in [6.07, 6.45) is 6.89. The molecule has 198 valence electrons. The van der Waals surface area contributed by atoms with Crippen LogP contribution in [0.5, 0.6) is 5.75 Å². The summed E-state index contributed by atoms with van der Waals surface area (Å²) in [5.41, 5.74) is 5.79. The number of hydrogen-bond acceptors (Lipinski definition) is 5. The van der Waals surface area contributed by atoms with Crippen molar-refractivity contribution in [2.24, 2.45) is 5.92 Å². The molecule has 0 spiro atoms. The molecule has 0 saturated carbocycles. The number of carbonyl (C=O) groups is 1. The van der Waals surface area contributed by atoms with Crippen LogP contribution in [-0.4, -0.2) is 38.3 Å². The summed E-state index contributed by atoms with van der Waals surface area (Å²) in [7, 11) is 2.64. The highest BCUT2D eigenvalue weighted by Crippen LogP contribution is 2.35. The molecule has 0 amide bonds. The summed E-state index contributed by atoms with van der Waals surface area (Å²) < 4.78 is 5.87. The lowest BCUT2D eigenvalue weighted by atomic mass is 9.84. The fourth-order valence-corrected chi connectivity index (χ4v) is 4.49. The molecule has 0 saturated heterocycles. The molecule has 0 aliphatic carbocycles. The molecule has 8 heteroatoms. The molecule has 3 heterocycles. The minimum Gasteiger partial charge on any atom is -0.493 e. The van der Waals surface area contributed by atoms with Crippen molar-refractivity contribution in [3.8, 4) is 17.0 Å². The fourth-order valence-electron chi connectivity index (χ4n) is 4.00. The van der Waals surface area contributed by atoms with Crippen LogP contribution in [0.25, 0.3) is 16.8 Å². The van der Waals surface area contributed by atoms with Crippen LogP contribution in [0.15, 0.2) is 42.7 Å². The van der Waals surface area contributed by atoms with Gasteiger partial charge in [-0.3, -0.25) is 14.9 Å². The minimum absolute atomic E-state index is 0.0691. The van der Waals surface area contributed by atoms with Gasteiger partial charge in [-0.2, -0.15) is 5.10 Å². The smallest absolute Gasteiger partial charge is 0.170 e. The lowest BCUT2D eigenvalue weighted by molar-refractivity contribution is -0.118. The number of hydrogen-bond donors (Lipinski definition) is 2. The minimum atomic E-state index is -0.458. The first-order chi connectivity index (χ1) is 17.4. The number of aromatic nitrogens is 3. The summed E-state index contributed by atoms with van der Waals surface area (Å²) in [4.78, 5) is 18.2. The standard InChI is InChI=1S/C24H25ClN3O2P.C5H12O/c1-4-17(23(29)15-7-14-8-16(25)5-6-22(14)30-12-15)19-10-26-21(9-18(19)13(2)3)20-11-27-28-24(20)31;1-4-5(2,3)6/h4-6,8-11,13,15H,7,12,31H2,1-3H3,(H,27,28);6H,4H2,1-3H3/b17-4+;/t15-;/m0./s1. The molecule has 0 bridgehead atoms. The second-order valence-electron chi connectivity index (χ2n) is 10.2. The van der Waals surface area contributed by atoms with Gasteiger partial charge in [0, 0.05) is 27.9 Å². The number of ketones is 1. The number of carbonyl (C=O) groups excluding carboxylic acids is 1. The topological polar surface area (TPSA) is 88.1 Å². The van der Waals surface area contributed by atoms with Gasteiger partial charge in [-0.25, -0.2) is 0 Å². The molecule has 1 aliphatic heterocycles. The van der Waals surface area contributed by atoms with Crippen LogP contribution in [0.3, 0.4) is 0 Å². The third-order valence-electron chi connectivity index (χ3n) is 6.51. The molecule has 4 rings (SSSR count). The molecule has 0 fully saturated rings. The van der Waals surface area contributed by atoms with Gasteiger partial charge in [0.15, 0.2) is 5.78 Å². The number of aliphatic hydroxyl groups is 1. The lowest BCUT2D eigenvalue weighted by Crippen LogP contribution is -2.29. The Kier molecular flexibility index (Phi) is 9.68. The van der Waals surface area contributed by atoms with Crippen molar-refractivity contribution in [3.63, 3.8) is 0 Å². The van der Waals surface area contributed by atoms with E-state index in [9.17, 15) is 4.79 Å². The zero-order chi connectivity index (χ0) is 27.3. The number of allylic oxidation sites excluding steroid dienone is 2. The van der Waals surface area contributed by atoms with Crippen molar-refractivity contribution in [3.05, 3.63) is 64.4 Å². The van der Waals surface area contributed by atoms with E-state index in [-0.39, 0.29) is 17.6 Å². The molecular weight excluding hydrogens is 505 g/mol. The first kappa shape index (κ1) is 29.0. The summed E-state index contributed by atoms with van der Waals surface area (Å²) >= 11 is 6.15. The van der Waals surface area contributed by atoms with E-state index in [1.807, 2.05) is 44.3 Å². The summed E-state index contributed by atoms with van der Waals surface area (Å²) in [5, 5.41) is 16.5. The Balaban J connectivity index is 0.000000568. The molecule has 1 aliphatic rings. The van der Waals surface area contributed by atoms with Gasteiger partial charge in [0.25, 0.3) is 0 Å². The zero-order valence-electron chi connectivity index (χ0n) is 22.4. The number of rotatable bonds is 6. The van der Waals surface area contributed by atoms with Crippen molar-refractivity contribution in [1.29, 1.82) is 0 Å². The van der Waals surface area contributed by atoms with Gasteiger partial charge in [0.2, 0.25) is 0 Å². The van der Waals surface area contributed by atoms with Crippen molar-refractivity contribution in [2.45, 2.75) is 65.9 Å². The largest absolute Gasteiger partial charge is 0.493 e. The number of pyridine rings is 1. The number of fused-ring (bicyclic) bond motifs is 1. The summed E-state index contributed by atoms with van der Waals surface area (Å²) in [6.45, 7) is 12.1. The van der Waals surface area contributed by atoms with Crippen molar-refractivity contribution in [1.82, 2.24) is 15.2 Å². The maximum absolute atomic E-state index is 13.5. The maximum atomic E-state index is 13.5. The number of Topliss-reactive ketones (excluding diaryl/α,β-unsaturated/α-hetero) is 1. The van der Waals surface area contributed by atoms with Gasteiger partial charge in [-0.1, -0.05) is 47.7 Å². The highest BCUT2D eigenvalue weighted by Gasteiger charge is 2.30. The second-order valence-corrected chi connectivity index (χ2v) is 11.2. The van der Waals surface area contributed by atoms with Crippen LogP contribution in [0, 0.1) is 5.92 Å². The second kappa shape index (κ2) is 12.3. The van der Waals surface area contributed by atoms with Gasteiger partial charge >= 0.3 is 0 Å². The normalized spacial score (nSPS) is 15.5. The SMILES string of the molecule is C/C=C(/C(=O)[C@@H]1COc2ccc(Cl)cc2C1)c1cnc(-c2cn[nH]c2P)cc1C(C)C.CCC(C)(C)O. The number of nitrogens with one attached hydrogen (secondary N) is 1. The molecule has 2 atom stereocenters. The Morgan fingerprint density at radius 3 is 2.59 bits per heavy atom. The fraction of sp³-hybridized carbons (Fsp3) is 0.414. The third kappa shape index (κ3) is 7.28. The average molecular weight is 542 g/mol. The molecule has 2 N–H and O–H groups in total. The maximum Gasteiger partial charge on any atom is 0.170 e. The molecule has 3 aromatic rings. The predicted molar refractivity (Wildman–Crippen MR) is 155 cm³/mol. The highest BCUT2D eigenvalue weighted by atomic mass is 35.5. The molecule has 2 aromatic heterocycles. The van der Waals surface area contributed by atoms with Crippen LogP contribution in [0.1, 0.15) is 70.6 Å². The molecule has 6 nitrogen and oxygen atoms in total. The van der Waals surface area contributed by atoms with Gasteiger partial charge in [0.1, 0.15) is 5.75 Å². The Hall–Kier alpha value is -2.53. The van der Waals surface area contributed by atoms with Gasteiger partial charge in [-0.15, -0.1) is 0 Å². The highest BCUT2D eigenvalue weighted by molar-refractivity contribution is 7.27. The predicted octanol–water partition coefficient (Wildman–Crippen LogP) is 6.14. The zero-order valence-corrected chi connectivity index (χ0v) is 24.3. The quantitative estimate of drug-likeness (QED) is 0.289. The number of H-pyrrole nitrogens is 1. The summed E-state index contributed by atoms with van der Waals surface area (Å²) in [6, 6.07) is 7.61. The number of ether oxygens (including phenoxy) is 1. The van der Waals surface area contributed by atoms with E-state index in [0.717, 1.165) is 45.6 Å². The Bertz CT molecular complexity index is 1280. The van der Waals surface area contributed by atoms with Gasteiger partial charge in [0.05, 0.1) is 35.5 Å². The van der Waals surface area contributed by atoms with Crippen LogP contribution in [0.2, 0.25) is 5.02 Å². The van der Waals surface area contributed by atoms with E-state index in [4.69, 9.17) is 21.4 Å². The van der Waals surface area contributed by atoms with Crippen LogP contribution >= 0.6 is 20.8 Å². The van der Waals surface area contributed by atoms with E-state index in [2.05, 4.69) is 44.3 Å². The monoisotopic (exact) mass is 541 g/mol. The van der Waals surface area contributed by atoms with Crippen LogP contribution in [-0.2, 0) is 11.2 Å². The third-order valence-corrected chi connectivity index (χ3v) is 7.19. The lowest BCUT2D eigenvalue weighted by Gasteiger charge is -2.26. The molecule has 1 unspecified atom stereocenters. The van der Waals surface area contributed by atoms with E-state index in [1.165, 1.54) is 0 Å². The van der Waals surface area contributed by atoms with E-state index in [0.29, 0.717) is 23.6 Å². The van der Waals surface area contributed by atoms with E-state index >= 15 is 0 Å². The van der Waals surface area contributed by atoms with Crippen molar-refractivity contribution >= 4 is 37.6 Å². The number of nitrogens with zero attached hydrogens (tertiary/aromatic N) is 2. The van der Waals surface area contributed by atoms with Gasteiger partial charge in [-0.05, 0) is 74.9 Å². The molecule has 1 aromatic carbocycles. The average Bonchev–Trinajstić information content (AvgIpc) is 3.29. The van der Waals surface area contributed by atoms with Crippen molar-refractivity contribution in [2.75, 3.05) is 6.61 Å². The van der Waals surface area contributed by atoms with Crippen LogP contribution in [0.4, 0.5) is 0 Å². The van der Waals surface area contributed by atoms with Gasteiger partial charge < -0.3 is 9.84 Å². The Labute approximate surface area is 227 Å². The molecule has 0 radical (unpaired) electrons. The van der Waals surface area contributed by atoms with Crippen molar-refractivity contribution < 1.29 is 14.6 Å². The summed E-state index contributed by atoms with van der Waals surface area (Å²) in [5.74, 6) is 0.836. The molecular formula is C29H37ClN3O3P. The van der Waals surface area contributed by atoms with E-state index in [1.54, 1.807) is 20.0 Å².